The summed E-state index contributed by atoms with van der Waals surface area (Å²) in [4.78, 5) is 25.6. The minimum atomic E-state index is -0.509. The fraction of sp³-hybridized carbons (Fsp3) is 0.833. The van der Waals surface area contributed by atoms with Gasteiger partial charge in [0.15, 0.2) is 5.78 Å². The molecular formula is C12H19NO3. The molecule has 1 aliphatic heterocycles. The normalized spacial score (nSPS) is 29.8. The van der Waals surface area contributed by atoms with E-state index in [4.69, 9.17) is 4.74 Å². The molecule has 1 aliphatic carbocycles. The van der Waals surface area contributed by atoms with Crippen LogP contribution in [0.1, 0.15) is 45.4 Å². The number of carbonyl (C=O) groups is 2. The zero-order valence-electron chi connectivity index (χ0n) is 9.83. The van der Waals surface area contributed by atoms with Crippen molar-refractivity contribution in [1.29, 1.82) is 0 Å². The number of likely N-dealkylation sites (tertiary alicyclic amines) is 1. The molecule has 0 aromatic heterocycles. The topological polar surface area (TPSA) is 46.6 Å². The van der Waals surface area contributed by atoms with Crippen molar-refractivity contribution in [3.05, 3.63) is 0 Å². The first kappa shape index (κ1) is 11.4. The van der Waals surface area contributed by atoms with Crippen LogP contribution in [0.2, 0.25) is 0 Å². The van der Waals surface area contributed by atoms with Crippen LogP contribution in [0.3, 0.4) is 0 Å². The highest BCUT2D eigenvalue weighted by molar-refractivity contribution is 5.92. The van der Waals surface area contributed by atoms with Crippen LogP contribution in [-0.4, -0.2) is 35.5 Å². The van der Waals surface area contributed by atoms with Gasteiger partial charge in [0.2, 0.25) is 0 Å². The molecule has 4 nitrogen and oxygen atoms in total. The van der Waals surface area contributed by atoms with Gasteiger partial charge in [-0.25, -0.2) is 4.79 Å². The third-order valence-corrected chi connectivity index (χ3v) is 3.74. The Bertz CT molecular complexity index is 303. The van der Waals surface area contributed by atoms with Crippen molar-refractivity contribution in [3.8, 4) is 0 Å². The largest absolute Gasteiger partial charge is 0.450 e. The third-order valence-electron chi connectivity index (χ3n) is 3.74. The van der Waals surface area contributed by atoms with Gasteiger partial charge in [-0.05, 0) is 32.6 Å². The van der Waals surface area contributed by atoms with Crippen molar-refractivity contribution < 1.29 is 14.3 Å². The van der Waals surface area contributed by atoms with E-state index in [9.17, 15) is 9.59 Å². The van der Waals surface area contributed by atoms with Crippen molar-refractivity contribution in [1.82, 2.24) is 4.90 Å². The molecule has 0 radical (unpaired) electrons. The summed E-state index contributed by atoms with van der Waals surface area (Å²) in [7, 11) is 0. The second-order valence-electron chi connectivity index (χ2n) is 4.62. The highest BCUT2D eigenvalue weighted by atomic mass is 16.6. The molecule has 0 unspecified atom stereocenters. The van der Waals surface area contributed by atoms with E-state index >= 15 is 0 Å². The number of ketones is 1. The van der Waals surface area contributed by atoms with Gasteiger partial charge < -0.3 is 4.74 Å². The summed E-state index contributed by atoms with van der Waals surface area (Å²) < 4.78 is 5.04. The first-order valence-corrected chi connectivity index (χ1v) is 6.18. The average molecular weight is 225 g/mol. The van der Waals surface area contributed by atoms with Crippen LogP contribution in [0.4, 0.5) is 4.79 Å². The molecule has 0 bridgehead atoms. The molecule has 16 heavy (non-hydrogen) atoms. The zero-order valence-corrected chi connectivity index (χ0v) is 9.83. The van der Waals surface area contributed by atoms with Gasteiger partial charge in [0.1, 0.15) is 5.54 Å². The molecule has 1 heterocycles. The number of Topliss-reactive ketones (excluding diaryl/α,β-unsaturated/α-hetero) is 1. The predicted octanol–water partition coefficient (Wildman–Crippen LogP) is 2.12. The van der Waals surface area contributed by atoms with Crippen molar-refractivity contribution in [2.24, 2.45) is 0 Å². The Morgan fingerprint density at radius 3 is 2.81 bits per heavy atom. The molecule has 1 saturated carbocycles. The molecule has 1 atom stereocenters. The SMILES string of the molecule is CCOC(=O)N1CCC[C@]12CCCCC2=O. The van der Waals surface area contributed by atoms with Crippen LogP contribution < -0.4 is 0 Å². The van der Waals surface area contributed by atoms with Crippen LogP contribution in [-0.2, 0) is 9.53 Å². The fourth-order valence-corrected chi connectivity index (χ4v) is 2.97. The average Bonchev–Trinajstić information content (AvgIpc) is 2.68. The van der Waals surface area contributed by atoms with Crippen molar-refractivity contribution in [2.75, 3.05) is 13.2 Å². The number of hydrogen-bond acceptors (Lipinski definition) is 3. The van der Waals surface area contributed by atoms with E-state index in [1.165, 1.54) is 0 Å². The van der Waals surface area contributed by atoms with E-state index in [1.807, 2.05) is 0 Å². The molecule has 1 saturated heterocycles. The van der Waals surface area contributed by atoms with Gasteiger partial charge in [-0.15, -0.1) is 0 Å². The van der Waals surface area contributed by atoms with E-state index in [2.05, 4.69) is 0 Å². The second kappa shape index (κ2) is 4.44. The molecule has 0 aromatic rings. The smallest absolute Gasteiger partial charge is 0.410 e. The molecule has 1 amide bonds. The summed E-state index contributed by atoms with van der Waals surface area (Å²) in [5.74, 6) is 0.240. The lowest BCUT2D eigenvalue weighted by Gasteiger charge is -2.39. The van der Waals surface area contributed by atoms with Gasteiger partial charge in [0.25, 0.3) is 0 Å². The number of amides is 1. The maximum atomic E-state index is 12.1. The molecule has 2 fully saturated rings. The Kier molecular flexibility index (Phi) is 3.17. The van der Waals surface area contributed by atoms with Crippen LogP contribution >= 0.6 is 0 Å². The quantitative estimate of drug-likeness (QED) is 0.686. The summed E-state index contributed by atoms with van der Waals surface area (Å²) in [6.45, 7) is 2.84. The Labute approximate surface area is 95.9 Å². The molecule has 1 spiro atoms. The Morgan fingerprint density at radius 1 is 1.38 bits per heavy atom. The summed E-state index contributed by atoms with van der Waals surface area (Å²) in [5.41, 5.74) is -0.509. The molecular weight excluding hydrogens is 206 g/mol. The second-order valence-corrected chi connectivity index (χ2v) is 4.62. The number of nitrogens with zero attached hydrogens (tertiary/aromatic N) is 1. The molecule has 90 valence electrons. The molecule has 2 rings (SSSR count). The maximum absolute atomic E-state index is 12.1. The first-order chi connectivity index (χ1) is 7.70. The number of rotatable bonds is 1. The lowest BCUT2D eigenvalue weighted by Crippen LogP contribution is -2.54. The maximum Gasteiger partial charge on any atom is 0.410 e. The standard InChI is InChI=1S/C12H19NO3/c1-2-16-11(15)13-9-5-8-12(13)7-4-3-6-10(12)14/h2-9H2,1H3/t12-/m0/s1. The van der Waals surface area contributed by atoms with Gasteiger partial charge >= 0.3 is 6.09 Å². The van der Waals surface area contributed by atoms with E-state index in [-0.39, 0.29) is 11.9 Å². The lowest BCUT2D eigenvalue weighted by molar-refractivity contribution is -0.131. The highest BCUT2D eigenvalue weighted by Crippen LogP contribution is 2.39. The molecule has 0 aromatic carbocycles. The number of hydrogen-bond donors (Lipinski definition) is 0. The highest BCUT2D eigenvalue weighted by Gasteiger charge is 2.50. The van der Waals surface area contributed by atoms with Crippen molar-refractivity contribution >= 4 is 11.9 Å². The number of ether oxygens (including phenoxy) is 1. The Hall–Kier alpha value is -1.06. The third kappa shape index (κ3) is 1.70. The van der Waals surface area contributed by atoms with E-state index < -0.39 is 5.54 Å². The van der Waals surface area contributed by atoms with E-state index in [0.717, 1.165) is 32.1 Å². The first-order valence-electron chi connectivity index (χ1n) is 6.18. The van der Waals surface area contributed by atoms with E-state index in [0.29, 0.717) is 19.6 Å². The van der Waals surface area contributed by atoms with Gasteiger partial charge in [-0.3, -0.25) is 9.69 Å². The minimum absolute atomic E-state index is 0.240. The van der Waals surface area contributed by atoms with E-state index in [1.54, 1.807) is 11.8 Å². The van der Waals surface area contributed by atoms with Crippen LogP contribution in [0, 0.1) is 0 Å². The van der Waals surface area contributed by atoms with Gasteiger partial charge in [-0.1, -0.05) is 6.42 Å². The monoisotopic (exact) mass is 225 g/mol. The van der Waals surface area contributed by atoms with Crippen molar-refractivity contribution in [3.63, 3.8) is 0 Å². The molecule has 0 N–H and O–H groups in total. The van der Waals surface area contributed by atoms with Gasteiger partial charge in [-0.2, -0.15) is 0 Å². The zero-order chi connectivity index (χ0) is 11.6. The minimum Gasteiger partial charge on any atom is -0.450 e. The van der Waals surface area contributed by atoms with Crippen LogP contribution in [0.25, 0.3) is 0 Å². The molecule has 4 heteroatoms. The summed E-state index contributed by atoms with van der Waals surface area (Å²) in [5, 5.41) is 0. The summed E-state index contributed by atoms with van der Waals surface area (Å²) in [6, 6.07) is 0. The predicted molar refractivity (Wildman–Crippen MR) is 59.2 cm³/mol. The van der Waals surface area contributed by atoms with Gasteiger partial charge in [0, 0.05) is 13.0 Å². The van der Waals surface area contributed by atoms with Crippen LogP contribution in [0.15, 0.2) is 0 Å². The van der Waals surface area contributed by atoms with Crippen LogP contribution in [0.5, 0.6) is 0 Å². The molecule has 2 aliphatic rings. The fourth-order valence-electron chi connectivity index (χ4n) is 2.97. The summed E-state index contributed by atoms with van der Waals surface area (Å²) in [6.07, 6.45) is 4.89. The lowest BCUT2D eigenvalue weighted by atomic mass is 9.79. The van der Waals surface area contributed by atoms with Crippen molar-refractivity contribution in [2.45, 2.75) is 51.0 Å². The number of carbonyl (C=O) groups excluding carboxylic acids is 2. The van der Waals surface area contributed by atoms with Gasteiger partial charge in [0.05, 0.1) is 6.61 Å². The Morgan fingerprint density at radius 2 is 2.12 bits per heavy atom. The summed E-state index contributed by atoms with van der Waals surface area (Å²) >= 11 is 0. The Balaban J connectivity index is 2.17.